The lowest BCUT2D eigenvalue weighted by atomic mass is 10.1. The lowest BCUT2D eigenvalue weighted by molar-refractivity contribution is -0.129. The first-order valence-electron chi connectivity index (χ1n) is 9.25. The van der Waals surface area contributed by atoms with E-state index in [1.54, 1.807) is 24.3 Å². The summed E-state index contributed by atoms with van der Waals surface area (Å²) < 4.78 is 0. The summed E-state index contributed by atoms with van der Waals surface area (Å²) in [5.74, 6) is -1.04. The molecule has 1 fully saturated rings. The van der Waals surface area contributed by atoms with E-state index in [2.05, 4.69) is 16.0 Å². The second-order valence-corrected chi connectivity index (χ2v) is 6.74. The molecule has 5 amide bonds. The molecule has 1 atom stereocenters. The maximum absolute atomic E-state index is 12.5. The van der Waals surface area contributed by atoms with Crippen LogP contribution < -0.4 is 16.0 Å². The molecule has 3 N–H and O–H groups in total. The van der Waals surface area contributed by atoms with Crippen molar-refractivity contribution in [2.24, 2.45) is 0 Å². The van der Waals surface area contributed by atoms with Crippen LogP contribution in [0.3, 0.4) is 0 Å². The summed E-state index contributed by atoms with van der Waals surface area (Å²) in [5, 5.41) is 7.87. The number of anilines is 2. The second kappa shape index (κ2) is 9.01. The predicted octanol–water partition coefficient (Wildman–Crippen LogP) is 2.14. The molecule has 3 rings (SSSR count). The smallest absolute Gasteiger partial charge is 0.324 e. The molecule has 2 aromatic carbocycles. The molecule has 150 valence electrons. The molecule has 0 saturated carbocycles. The first kappa shape index (κ1) is 20.1. The van der Waals surface area contributed by atoms with E-state index in [4.69, 9.17) is 0 Å². The van der Waals surface area contributed by atoms with E-state index in [1.807, 2.05) is 30.3 Å². The fraction of sp³-hybridized carbons (Fsp3) is 0.238. The third kappa shape index (κ3) is 5.41. The summed E-state index contributed by atoms with van der Waals surface area (Å²) in [7, 11) is 0. The van der Waals surface area contributed by atoms with Gasteiger partial charge in [0.2, 0.25) is 11.8 Å². The molecule has 0 spiro atoms. The molecular formula is C21H22N4O4. The minimum absolute atomic E-state index is 0.170. The normalized spacial score (nSPS) is 15.8. The number of hydrogen-bond acceptors (Lipinski definition) is 4. The molecule has 0 unspecified atom stereocenters. The summed E-state index contributed by atoms with van der Waals surface area (Å²) >= 11 is 0. The van der Waals surface area contributed by atoms with Crippen molar-refractivity contribution in [1.29, 1.82) is 0 Å². The number of nitrogens with one attached hydrogen (secondary N) is 3. The van der Waals surface area contributed by atoms with Crippen LogP contribution in [-0.2, 0) is 20.8 Å². The highest BCUT2D eigenvalue weighted by molar-refractivity contribution is 6.07. The Bertz CT molecular complexity index is 929. The van der Waals surface area contributed by atoms with E-state index in [0.29, 0.717) is 17.8 Å². The number of amides is 5. The van der Waals surface area contributed by atoms with Gasteiger partial charge in [0.05, 0.1) is 6.42 Å². The summed E-state index contributed by atoms with van der Waals surface area (Å²) in [6.45, 7) is 1.65. The van der Waals surface area contributed by atoms with E-state index in [9.17, 15) is 19.2 Å². The zero-order chi connectivity index (χ0) is 20.8. The molecule has 1 aliphatic rings. The van der Waals surface area contributed by atoms with E-state index < -0.39 is 23.9 Å². The monoisotopic (exact) mass is 394 g/mol. The van der Waals surface area contributed by atoms with Crippen molar-refractivity contribution >= 4 is 35.1 Å². The second-order valence-electron chi connectivity index (χ2n) is 6.74. The number of rotatable bonds is 7. The zero-order valence-electron chi connectivity index (χ0n) is 16.0. The van der Waals surface area contributed by atoms with Crippen LogP contribution in [-0.4, -0.2) is 41.2 Å². The summed E-state index contributed by atoms with van der Waals surface area (Å²) in [4.78, 5) is 49.2. The average molecular weight is 394 g/mol. The Kier molecular flexibility index (Phi) is 6.23. The molecule has 0 bridgehead atoms. The number of nitrogens with zero attached hydrogens (tertiary/aromatic N) is 1. The van der Waals surface area contributed by atoms with E-state index in [0.717, 1.165) is 10.5 Å². The largest absolute Gasteiger partial charge is 0.326 e. The van der Waals surface area contributed by atoms with Gasteiger partial charge in [-0.05, 0) is 30.2 Å². The van der Waals surface area contributed by atoms with Crippen LogP contribution in [0.5, 0.6) is 0 Å². The molecular weight excluding hydrogens is 372 g/mol. The standard InChI is InChI=1S/C21H22N4O4/c1-14(26)22-16-8-5-9-17(12-16)23-19(27)13-18-20(28)25(21(29)24-18)11-10-15-6-3-2-4-7-15/h2-9,12,18H,10-11,13H2,1H3,(H,22,26)(H,23,27)(H,24,29)/t18-/m0/s1. The molecule has 2 aromatic rings. The Morgan fingerprint density at radius 2 is 1.69 bits per heavy atom. The van der Waals surface area contributed by atoms with Crippen LogP contribution in [0.25, 0.3) is 0 Å². The van der Waals surface area contributed by atoms with Crippen LogP contribution in [0.1, 0.15) is 18.9 Å². The molecule has 1 saturated heterocycles. The maximum Gasteiger partial charge on any atom is 0.324 e. The minimum atomic E-state index is -0.892. The lowest BCUT2D eigenvalue weighted by Gasteiger charge is -2.13. The molecule has 0 aromatic heterocycles. The van der Waals surface area contributed by atoms with E-state index in [1.165, 1.54) is 6.92 Å². The number of benzene rings is 2. The SMILES string of the molecule is CC(=O)Nc1cccc(NC(=O)C[C@@H]2NC(=O)N(CCc3ccccc3)C2=O)c1. The summed E-state index contributed by atoms with van der Waals surface area (Å²) in [6, 6.07) is 14.8. The molecule has 29 heavy (non-hydrogen) atoms. The van der Waals surface area contributed by atoms with Crippen LogP contribution in [0, 0.1) is 0 Å². The van der Waals surface area contributed by atoms with Gasteiger partial charge in [0, 0.05) is 24.8 Å². The average Bonchev–Trinajstić information content (AvgIpc) is 2.93. The Labute approximate surface area is 168 Å². The van der Waals surface area contributed by atoms with Crippen LogP contribution in [0.2, 0.25) is 0 Å². The van der Waals surface area contributed by atoms with Gasteiger partial charge in [-0.2, -0.15) is 0 Å². The van der Waals surface area contributed by atoms with Crippen molar-refractivity contribution in [3.05, 3.63) is 60.2 Å². The van der Waals surface area contributed by atoms with Crippen LogP contribution in [0.4, 0.5) is 16.2 Å². The van der Waals surface area contributed by atoms with Gasteiger partial charge < -0.3 is 16.0 Å². The Morgan fingerprint density at radius 3 is 2.38 bits per heavy atom. The molecule has 0 aliphatic carbocycles. The van der Waals surface area contributed by atoms with E-state index in [-0.39, 0.29) is 18.9 Å². The van der Waals surface area contributed by atoms with Crippen molar-refractivity contribution in [3.63, 3.8) is 0 Å². The zero-order valence-corrected chi connectivity index (χ0v) is 16.0. The van der Waals surface area contributed by atoms with Gasteiger partial charge in [0.15, 0.2) is 0 Å². The van der Waals surface area contributed by atoms with E-state index >= 15 is 0 Å². The third-order valence-electron chi connectivity index (χ3n) is 4.43. The highest BCUT2D eigenvalue weighted by atomic mass is 16.2. The molecule has 1 aliphatic heterocycles. The molecule has 8 heteroatoms. The third-order valence-corrected chi connectivity index (χ3v) is 4.43. The van der Waals surface area contributed by atoms with Crippen LogP contribution in [0.15, 0.2) is 54.6 Å². The van der Waals surface area contributed by atoms with Crippen molar-refractivity contribution in [3.8, 4) is 0 Å². The van der Waals surface area contributed by atoms with Crippen LogP contribution >= 0.6 is 0 Å². The fourth-order valence-electron chi connectivity index (χ4n) is 3.09. The summed E-state index contributed by atoms with van der Waals surface area (Å²) in [6.07, 6.45) is 0.381. The van der Waals surface area contributed by atoms with Crippen molar-refractivity contribution in [1.82, 2.24) is 10.2 Å². The maximum atomic E-state index is 12.5. The highest BCUT2D eigenvalue weighted by Crippen LogP contribution is 2.17. The first-order chi connectivity index (χ1) is 13.9. The van der Waals surface area contributed by atoms with Gasteiger partial charge in [0.1, 0.15) is 6.04 Å². The number of hydrogen-bond donors (Lipinski definition) is 3. The van der Waals surface area contributed by atoms with Crippen molar-refractivity contribution in [2.45, 2.75) is 25.8 Å². The lowest BCUT2D eigenvalue weighted by Crippen LogP contribution is -2.34. The number of carbonyl (C=O) groups is 4. The molecule has 8 nitrogen and oxygen atoms in total. The molecule has 0 radical (unpaired) electrons. The molecule has 1 heterocycles. The van der Waals surface area contributed by atoms with Crippen molar-refractivity contribution in [2.75, 3.05) is 17.2 Å². The van der Waals surface area contributed by atoms with Gasteiger partial charge in [-0.3, -0.25) is 19.3 Å². The van der Waals surface area contributed by atoms with Crippen molar-refractivity contribution < 1.29 is 19.2 Å². The van der Waals surface area contributed by atoms with Gasteiger partial charge in [-0.1, -0.05) is 36.4 Å². The summed E-state index contributed by atoms with van der Waals surface area (Å²) in [5.41, 5.74) is 2.06. The Balaban J connectivity index is 1.55. The number of urea groups is 1. The Morgan fingerprint density at radius 1 is 1.00 bits per heavy atom. The Hall–Kier alpha value is -3.68. The minimum Gasteiger partial charge on any atom is -0.326 e. The first-order valence-corrected chi connectivity index (χ1v) is 9.25. The number of carbonyl (C=O) groups excluding carboxylic acids is 4. The van der Waals surface area contributed by atoms with Gasteiger partial charge in [-0.15, -0.1) is 0 Å². The number of imide groups is 1. The predicted molar refractivity (Wildman–Crippen MR) is 108 cm³/mol. The topological polar surface area (TPSA) is 108 Å². The van der Waals surface area contributed by atoms with Gasteiger partial charge in [0.25, 0.3) is 5.91 Å². The van der Waals surface area contributed by atoms with Gasteiger partial charge in [-0.25, -0.2) is 4.79 Å². The highest BCUT2D eigenvalue weighted by Gasteiger charge is 2.38. The quantitative estimate of drug-likeness (QED) is 0.625. The fourth-order valence-corrected chi connectivity index (χ4v) is 3.09. The van der Waals surface area contributed by atoms with Gasteiger partial charge >= 0.3 is 6.03 Å².